The number of aryl methyl sites for hydroxylation is 2. The average Bonchev–Trinajstić information content (AvgIpc) is 3.29. The molecule has 0 aromatic heterocycles. The van der Waals surface area contributed by atoms with Crippen LogP contribution in [0.1, 0.15) is 40.7 Å². The van der Waals surface area contributed by atoms with Crippen molar-refractivity contribution in [2.24, 2.45) is 0 Å². The highest BCUT2D eigenvalue weighted by molar-refractivity contribution is 5.97. The molecule has 4 heteroatoms. The van der Waals surface area contributed by atoms with E-state index in [9.17, 15) is 9.59 Å². The van der Waals surface area contributed by atoms with Gasteiger partial charge in [0.1, 0.15) is 0 Å². The molecular weight excluding hydrogens is 276 g/mol. The molecule has 0 bridgehead atoms. The third kappa shape index (κ3) is 3.38. The van der Waals surface area contributed by atoms with E-state index in [4.69, 9.17) is 0 Å². The van der Waals surface area contributed by atoms with Gasteiger partial charge in [0.2, 0.25) is 5.91 Å². The van der Waals surface area contributed by atoms with E-state index in [2.05, 4.69) is 11.4 Å². The first kappa shape index (κ1) is 14.8. The number of hydrogen-bond acceptors (Lipinski definition) is 2. The number of amides is 2. The summed E-state index contributed by atoms with van der Waals surface area (Å²) in [5.74, 6) is 0.0886. The molecule has 1 aromatic carbocycles. The molecule has 2 aliphatic rings. The molecule has 1 aliphatic carbocycles. The van der Waals surface area contributed by atoms with Crippen molar-refractivity contribution in [1.29, 1.82) is 0 Å². The standard InChI is InChI=1S/C18H22N2O2/c1-12-9-13(2)11-15(10-12)18(22)20-7-5-14(6-8-20)17(21)19-16-3-4-16/h5,9-11,16H,3-4,6-8H2,1-2H3,(H,19,21). The molecule has 0 spiro atoms. The number of hydrogen-bond donors (Lipinski definition) is 1. The molecule has 1 aliphatic heterocycles. The molecule has 22 heavy (non-hydrogen) atoms. The summed E-state index contributed by atoms with van der Waals surface area (Å²) in [7, 11) is 0. The van der Waals surface area contributed by atoms with Crippen molar-refractivity contribution in [3.63, 3.8) is 0 Å². The molecule has 1 fully saturated rings. The number of nitrogens with zero attached hydrogens (tertiary/aromatic N) is 1. The van der Waals surface area contributed by atoms with E-state index >= 15 is 0 Å². The van der Waals surface area contributed by atoms with Crippen LogP contribution in [-0.4, -0.2) is 35.8 Å². The summed E-state index contributed by atoms with van der Waals surface area (Å²) < 4.78 is 0. The van der Waals surface area contributed by atoms with E-state index in [1.165, 1.54) is 0 Å². The van der Waals surface area contributed by atoms with Crippen molar-refractivity contribution in [3.05, 3.63) is 46.5 Å². The van der Waals surface area contributed by atoms with Gasteiger partial charge in [0.25, 0.3) is 5.91 Å². The lowest BCUT2D eigenvalue weighted by Gasteiger charge is -2.26. The highest BCUT2D eigenvalue weighted by Crippen LogP contribution is 2.21. The predicted octanol–water partition coefficient (Wildman–Crippen LogP) is 2.35. The Labute approximate surface area is 131 Å². The zero-order valence-corrected chi connectivity index (χ0v) is 13.2. The average molecular weight is 298 g/mol. The van der Waals surface area contributed by atoms with E-state index in [1.807, 2.05) is 37.0 Å². The molecule has 116 valence electrons. The fraction of sp³-hybridized carbons (Fsp3) is 0.444. The van der Waals surface area contributed by atoms with E-state index < -0.39 is 0 Å². The molecule has 0 radical (unpaired) electrons. The summed E-state index contributed by atoms with van der Waals surface area (Å²) in [6, 6.07) is 6.29. The summed E-state index contributed by atoms with van der Waals surface area (Å²) in [5.41, 5.74) is 3.74. The lowest BCUT2D eigenvalue weighted by atomic mass is 10.0. The third-order valence-electron chi connectivity index (χ3n) is 4.17. The van der Waals surface area contributed by atoms with Gasteiger partial charge < -0.3 is 10.2 Å². The van der Waals surface area contributed by atoms with Gasteiger partial charge in [0.15, 0.2) is 0 Å². The Bertz CT molecular complexity index is 624. The SMILES string of the molecule is Cc1cc(C)cc(C(=O)N2CC=C(C(=O)NC3CC3)CC2)c1. The zero-order chi connectivity index (χ0) is 15.7. The highest BCUT2D eigenvalue weighted by Gasteiger charge is 2.26. The van der Waals surface area contributed by atoms with Crippen LogP contribution in [0.4, 0.5) is 0 Å². The minimum Gasteiger partial charge on any atom is -0.350 e. The summed E-state index contributed by atoms with van der Waals surface area (Å²) in [5, 5.41) is 3.00. The third-order valence-corrected chi connectivity index (χ3v) is 4.17. The molecule has 1 N–H and O–H groups in total. The number of benzene rings is 1. The van der Waals surface area contributed by atoms with Gasteiger partial charge in [-0.15, -0.1) is 0 Å². The van der Waals surface area contributed by atoms with E-state index in [0.29, 0.717) is 25.6 Å². The fourth-order valence-electron chi connectivity index (χ4n) is 2.85. The second-order valence-electron chi connectivity index (χ2n) is 6.35. The Morgan fingerprint density at radius 3 is 2.36 bits per heavy atom. The summed E-state index contributed by atoms with van der Waals surface area (Å²) in [6.45, 7) is 5.12. The van der Waals surface area contributed by atoms with Gasteiger partial charge >= 0.3 is 0 Å². The van der Waals surface area contributed by atoms with Crippen LogP contribution in [0.3, 0.4) is 0 Å². The molecule has 1 aromatic rings. The molecular formula is C18H22N2O2. The van der Waals surface area contributed by atoms with Gasteiger partial charge in [-0.2, -0.15) is 0 Å². The first-order valence-electron chi connectivity index (χ1n) is 7.90. The van der Waals surface area contributed by atoms with Crippen molar-refractivity contribution < 1.29 is 9.59 Å². The maximum Gasteiger partial charge on any atom is 0.254 e. The molecule has 0 saturated heterocycles. The zero-order valence-electron chi connectivity index (χ0n) is 13.2. The van der Waals surface area contributed by atoms with Crippen molar-refractivity contribution in [2.75, 3.05) is 13.1 Å². The number of nitrogens with one attached hydrogen (secondary N) is 1. The first-order chi connectivity index (χ1) is 10.5. The maximum atomic E-state index is 12.6. The van der Waals surface area contributed by atoms with Crippen molar-refractivity contribution >= 4 is 11.8 Å². The summed E-state index contributed by atoms with van der Waals surface area (Å²) >= 11 is 0. The molecule has 2 amide bonds. The van der Waals surface area contributed by atoms with E-state index in [1.54, 1.807) is 0 Å². The van der Waals surface area contributed by atoms with E-state index in [0.717, 1.165) is 35.1 Å². The minimum absolute atomic E-state index is 0.0426. The number of carbonyl (C=O) groups excluding carboxylic acids is 2. The highest BCUT2D eigenvalue weighted by atomic mass is 16.2. The van der Waals surface area contributed by atoms with Crippen LogP contribution in [0.25, 0.3) is 0 Å². The van der Waals surface area contributed by atoms with Crippen LogP contribution >= 0.6 is 0 Å². The van der Waals surface area contributed by atoms with Gasteiger partial charge in [-0.1, -0.05) is 23.3 Å². The fourth-order valence-corrected chi connectivity index (χ4v) is 2.85. The lowest BCUT2D eigenvalue weighted by Crippen LogP contribution is -2.38. The number of rotatable bonds is 3. The summed E-state index contributed by atoms with van der Waals surface area (Å²) in [4.78, 5) is 26.4. The molecule has 1 heterocycles. The van der Waals surface area contributed by atoms with Gasteiger partial charge in [-0.05, 0) is 45.2 Å². The molecule has 4 nitrogen and oxygen atoms in total. The quantitative estimate of drug-likeness (QED) is 0.931. The van der Waals surface area contributed by atoms with Crippen molar-refractivity contribution in [3.8, 4) is 0 Å². The van der Waals surface area contributed by atoms with Crippen LogP contribution in [0.15, 0.2) is 29.8 Å². The Hall–Kier alpha value is -2.10. The second kappa shape index (κ2) is 5.95. The largest absolute Gasteiger partial charge is 0.350 e. The van der Waals surface area contributed by atoms with Crippen molar-refractivity contribution in [2.45, 2.75) is 39.2 Å². The Morgan fingerprint density at radius 1 is 1.14 bits per heavy atom. The molecule has 0 unspecified atom stereocenters. The first-order valence-corrected chi connectivity index (χ1v) is 7.90. The summed E-state index contributed by atoms with van der Waals surface area (Å²) in [6.07, 6.45) is 4.71. The Kier molecular flexibility index (Phi) is 4.01. The maximum absolute atomic E-state index is 12.6. The topological polar surface area (TPSA) is 49.4 Å². The van der Waals surface area contributed by atoms with Crippen LogP contribution in [0, 0.1) is 13.8 Å². The van der Waals surface area contributed by atoms with E-state index in [-0.39, 0.29) is 11.8 Å². The van der Waals surface area contributed by atoms with Gasteiger partial charge in [0, 0.05) is 30.3 Å². The Balaban J connectivity index is 1.65. The van der Waals surface area contributed by atoms with Crippen LogP contribution in [0.5, 0.6) is 0 Å². The van der Waals surface area contributed by atoms with Gasteiger partial charge in [0.05, 0.1) is 0 Å². The van der Waals surface area contributed by atoms with Crippen LogP contribution in [-0.2, 0) is 4.79 Å². The molecule has 1 saturated carbocycles. The molecule has 0 atom stereocenters. The van der Waals surface area contributed by atoms with Crippen LogP contribution in [0.2, 0.25) is 0 Å². The second-order valence-corrected chi connectivity index (χ2v) is 6.35. The van der Waals surface area contributed by atoms with Gasteiger partial charge in [-0.3, -0.25) is 9.59 Å². The minimum atomic E-state index is 0.0426. The smallest absolute Gasteiger partial charge is 0.254 e. The monoisotopic (exact) mass is 298 g/mol. The normalized spacial score (nSPS) is 17.9. The van der Waals surface area contributed by atoms with Crippen LogP contribution < -0.4 is 5.32 Å². The predicted molar refractivity (Wildman–Crippen MR) is 85.7 cm³/mol. The van der Waals surface area contributed by atoms with Gasteiger partial charge in [-0.25, -0.2) is 0 Å². The lowest BCUT2D eigenvalue weighted by molar-refractivity contribution is -0.117. The van der Waals surface area contributed by atoms with Crippen molar-refractivity contribution in [1.82, 2.24) is 10.2 Å². The molecule has 3 rings (SSSR count). The Morgan fingerprint density at radius 2 is 1.82 bits per heavy atom. The number of carbonyl (C=O) groups is 2.